The Morgan fingerprint density at radius 2 is 2.16 bits per heavy atom. The molecule has 2 aromatic heterocycles. The van der Waals surface area contributed by atoms with Gasteiger partial charge in [0.2, 0.25) is 5.88 Å². The topological polar surface area (TPSA) is 60.9 Å². The molecule has 0 radical (unpaired) electrons. The van der Waals surface area contributed by atoms with Crippen molar-refractivity contribution < 1.29 is 5.11 Å². The molecule has 19 heavy (non-hydrogen) atoms. The molecule has 0 saturated heterocycles. The molecule has 0 fully saturated rings. The van der Waals surface area contributed by atoms with Crippen molar-refractivity contribution in [2.24, 2.45) is 0 Å². The molecule has 5 heteroatoms. The number of nitrogens with one attached hydrogen (secondary N) is 2. The zero-order chi connectivity index (χ0) is 13.4. The highest BCUT2D eigenvalue weighted by Crippen LogP contribution is 2.39. The van der Waals surface area contributed by atoms with E-state index >= 15 is 0 Å². The van der Waals surface area contributed by atoms with Crippen LogP contribution < -0.4 is 5.32 Å². The Labute approximate surface area is 115 Å². The van der Waals surface area contributed by atoms with Crippen LogP contribution in [0.25, 0.3) is 10.9 Å². The van der Waals surface area contributed by atoms with Gasteiger partial charge in [-0.1, -0.05) is 36.5 Å². The number of thiazole rings is 1. The third-order valence-electron chi connectivity index (χ3n) is 3.33. The van der Waals surface area contributed by atoms with Crippen LogP contribution in [0, 0.1) is 0 Å². The minimum absolute atomic E-state index is 0.107. The third-order valence-corrected chi connectivity index (χ3v) is 4.57. The van der Waals surface area contributed by atoms with E-state index in [0.29, 0.717) is 0 Å². The first-order valence-corrected chi connectivity index (χ1v) is 6.95. The summed E-state index contributed by atoms with van der Waals surface area (Å²) < 4.78 is 0. The summed E-state index contributed by atoms with van der Waals surface area (Å²) in [5.74, 6) is 0.225. The summed E-state index contributed by atoms with van der Waals surface area (Å²) in [5.41, 5.74) is 2.29. The molecule has 0 bridgehead atoms. The van der Waals surface area contributed by atoms with E-state index in [2.05, 4.69) is 34.3 Å². The fourth-order valence-corrected chi connectivity index (χ4v) is 3.19. The predicted octanol–water partition coefficient (Wildman–Crippen LogP) is 3.52. The van der Waals surface area contributed by atoms with Crippen molar-refractivity contribution in [2.75, 3.05) is 12.4 Å². The number of benzene rings is 1. The lowest BCUT2D eigenvalue weighted by Gasteiger charge is -2.08. The molecule has 2 heterocycles. The number of fused-ring (bicyclic) bond motifs is 1. The van der Waals surface area contributed by atoms with E-state index in [1.807, 2.05) is 18.3 Å². The van der Waals surface area contributed by atoms with Crippen LogP contribution in [-0.2, 0) is 0 Å². The number of hydrogen-bond donors (Lipinski definition) is 3. The molecule has 98 valence electrons. The van der Waals surface area contributed by atoms with Gasteiger partial charge in [0, 0.05) is 30.1 Å². The fraction of sp³-hybridized carbons (Fsp3) is 0.214. The van der Waals surface area contributed by atoms with Gasteiger partial charge in [-0.2, -0.15) is 4.98 Å². The molecule has 4 nitrogen and oxygen atoms in total. The molecule has 3 aromatic rings. The van der Waals surface area contributed by atoms with Gasteiger partial charge in [0.25, 0.3) is 0 Å². The monoisotopic (exact) mass is 273 g/mol. The Morgan fingerprint density at radius 1 is 1.37 bits per heavy atom. The zero-order valence-corrected chi connectivity index (χ0v) is 11.6. The van der Waals surface area contributed by atoms with Gasteiger partial charge in [-0.25, -0.2) is 0 Å². The van der Waals surface area contributed by atoms with Crippen LogP contribution in [0.15, 0.2) is 30.5 Å². The van der Waals surface area contributed by atoms with Crippen LogP contribution in [0.3, 0.4) is 0 Å². The van der Waals surface area contributed by atoms with Crippen molar-refractivity contribution >= 4 is 27.4 Å². The maximum atomic E-state index is 9.95. The minimum Gasteiger partial charge on any atom is -0.492 e. The van der Waals surface area contributed by atoms with Crippen molar-refractivity contribution in [2.45, 2.75) is 12.8 Å². The van der Waals surface area contributed by atoms with Crippen molar-refractivity contribution in [1.82, 2.24) is 9.97 Å². The smallest absolute Gasteiger partial charge is 0.227 e. The molecule has 0 spiro atoms. The van der Waals surface area contributed by atoms with Crippen LogP contribution in [0.5, 0.6) is 5.88 Å². The molecule has 0 aliphatic carbocycles. The van der Waals surface area contributed by atoms with Gasteiger partial charge in [-0.15, -0.1) is 0 Å². The average molecular weight is 273 g/mol. The molecule has 3 rings (SSSR count). The quantitative estimate of drug-likeness (QED) is 0.684. The number of nitrogens with zero attached hydrogens (tertiary/aromatic N) is 1. The Balaban J connectivity index is 2.08. The minimum atomic E-state index is 0.107. The number of aromatic nitrogens is 2. The van der Waals surface area contributed by atoms with Crippen molar-refractivity contribution in [3.8, 4) is 5.88 Å². The van der Waals surface area contributed by atoms with Crippen LogP contribution in [0.4, 0.5) is 5.13 Å². The van der Waals surface area contributed by atoms with Crippen LogP contribution in [0.2, 0.25) is 0 Å². The summed E-state index contributed by atoms with van der Waals surface area (Å²) in [6, 6.07) is 8.18. The number of aromatic hydroxyl groups is 1. The van der Waals surface area contributed by atoms with E-state index in [-0.39, 0.29) is 11.8 Å². The second kappa shape index (κ2) is 4.59. The van der Waals surface area contributed by atoms with Crippen LogP contribution in [-0.4, -0.2) is 22.1 Å². The molecule has 0 amide bonds. The van der Waals surface area contributed by atoms with Gasteiger partial charge in [-0.3, -0.25) is 0 Å². The normalized spacial score (nSPS) is 12.7. The molecule has 0 aliphatic heterocycles. The zero-order valence-electron chi connectivity index (χ0n) is 10.8. The van der Waals surface area contributed by atoms with Gasteiger partial charge in [0.1, 0.15) is 0 Å². The second-order valence-electron chi connectivity index (χ2n) is 4.47. The van der Waals surface area contributed by atoms with Gasteiger partial charge in [0.15, 0.2) is 5.13 Å². The maximum Gasteiger partial charge on any atom is 0.227 e. The Bertz CT molecular complexity index is 716. The largest absolute Gasteiger partial charge is 0.492 e. The standard InChI is InChI=1S/C14H15N3OS/c1-8(12-13(18)17-14(15-2)19-12)10-7-16-11-6-4-3-5-9(10)11/h3-8,16,18H,1-2H3,(H,15,17). The summed E-state index contributed by atoms with van der Waals surface area (Å²) >= 11 is 1.49. The van der Waals surface area contributed by atoms with Crippen molar-refractivity contribution in [3.63, 3.8) is 0 Å². The Morgan fingerprint density at radius 3 is 2.89 bits per heavy atom. The van der Waals surface area contributed by atoms with E-state index in [1.54, 1.807) is 7.05 Å². The first-order chi connectivity index (χ1) is 9.20. The number of rotatable bonds is 3. The Hall–Kier alpha value is -2.01. The highest BCUT2D eigenvalue weighted by molar-refractivity contribution is 7.16. The lowest BCUT2D eigenvalue weighted by Crippen LogP contribution is -1.92. The number of para-hydroxylation sites is 1. The number of hydrogen-bond acceptors (Lipinski definition) is 4. The van der Waals surface area contributed by atoms with E-state index < -0.39 is 0 Å². The highest BCUT2D eigenvalue weighted by Gasteiger charge is 2.20. The summed E-state index contributed by atoms with van der Waals surface area (Å²) in [6.07, 6.45) is 2.01. The lowest BCUT2D eigenvalue weighted by atomic mass is 9.99. The van der Waals surface area contributed by atoms with Gasteiger partial charge < -0.3 is 15.4 Å². The van der Waals surface area contributed by atoms with Gasteiger partial charge in [-0.05, 0) is 11.6 Å². The third kappa shape index (κ3) is 1.96. The van der Waals surface area contributed by atoms with E-state index in [9.17, 15) is 5.11 Å². The summed E-state index contributed by atoms with van der Waals surface area (Å²) in [7, 11) is 1.80. The van der Waals surface area contributed by atoms with E-state index in [0.717, 1.165) is 15.5 Å². The second-order valence-corrected chi connectivity index (χ2v) is 5.50. The van der Waals surface area contributed by atoms with Crippen LogP contribution >= 0.6 is 11.3 Å². The molecule has 1 aromatic carbocycles. The fourth-order valence-electron chi connectivity index (χ4n) is 2.31. The lowest BCUT2D eigenvalue weighted by molar-refractivity contribution is 0.450. The number of aromatic amines is 1. The first-order valence-electron chi connectivity index (χ1n) is 6.14. The summed E-state index contributed by atoms with van der Waals surface area (Å²) in [4.78, 5) is 8.24. The number of anilines is 1. The van der Waals surface area contributed by atoms with Gasteiger partial charge >= 0.3 is 0 Å². The maximum absolute atomic E-state index is 9.95. The van der Waals surface area contributed by atoms with Gasteiger partial charge in [0.05, 0.1) is 4.88 Å². The highest BCUT2D eigenvalue weighted by atomic mass is 32.1. The van der Waals surface area contributed by atoms with Crippen molar-refractivity contribution in [1.29, 1.82) is 0 Å². The Kier molecular flexibility index (Phi) is 2.91. The molecular formula is C14H15N3OS. The molecule has 1 unspecified atom stereocenters. The molecular weight excluding hydrogens is 258 g/mol. The average Bonchev–Trinajstić information content (AvgIpc) is 3.01. The summed E-state index contributed by atoms with van der Waals surface area (Å²) in [6.45, 7) is 2.09. The van der Waals surface area contributed by atoms with E-state index in [1.165, 1.54) is 22.3 Å². The van der Waals surface area contributed by atoms with Crippen LogP contribution in [0.1, 0.15) is 23.3 Å². The molecule has 0 aliphatic rings. The first kappa shape index (κ1) is 12.0. The summed E-state index contributed by atoms with van der Waals surface area (Å²) in [5, 5.41) is 14.8. The molecule has 0 saturated carbocycles. The molecule has 3 N–H and O–H groups in total. The predicted molar refractivity (Wildman–Crippen MR) is 79.1 cm³/mol. The van der Waals surface area contributed by atoms with E-state index in [4.69, 9.17) is 0 Å². The number of H-pyrrole nitrogens is 1. The molecule has 1 atom stereocenters. The SMILES string of the molecule is CNc1nc(O)c(C(C)c2c[nH]c3ccccc23)s1. The van der Waals surface area contributed by atoms with Crippen molar-refractivity contribution in [3.05, 3.63) is 40.9 Å².